The molecule has 0 aliphatic rings. The Hall–Kier alpha value is -3.14. The smallest absolute Gasteiger partial charge is 0.221 e. The van der Waals surface area contributed by atoms with E-state index in [1.165, 1.54) is 12.1 Å². The van der Waals surface area contributed by atoms with E-state index < -0.39 is 0 Å². The average molecular weight is 363 g/mol. The zero-order valence-electron chi connectivity index (χ0n) is 15.2. The number of carbonyl (C=O) groups excluding carboxylic acids is 1. The molecule has 0 aromatic heterocycles. The molecule has 138 valence electrons. The van der Waals surface area contributed by atoms with Crippen molar-refractivity contribution in [1.82, 2.24) is 5.32 Å². The lowest BCUT2D eigenvalue weighted by atomic mass is 9.98. The zero-order chi connectivity index (χ0) is 19.1. The molecule has 0 radical (unpaired) electrons. The van der Waals surface area contributed by atoms with Gasteiger partial charge in [0.05, 0.1) is 13.2 Å². The number of nitrogens with one attached hydrogen (secondary N) is 1. The molecule has 1 amide bonds. The highest BCUT2D eigenvalue weighted by atomic mass is 19.1. The van der Waals surface area contributed by atoms with Crippen molar-refractivity contribution in [2.24, 2.45) is 0 Å². The maximum atomic E-state index is 13.3. The van der Waals surface area contributed by atoms with Crippen molar-refractivity contribution in [3.63, 3.8) is 0 Å². The van der Waals surface area contributed by atoms with E-state index in [2.05, 4.69) is 5.32 Å². The van der Waals surface area contributed by atoms with Crippen LogP contribution in [0.1, 0.15) is 29.2 Å². The minimum atomic E-state index is -0.284. The molecule has 3 rings (SSSR count). The van der Waals surface area contributed by atoms with Gasteiger partial charge in [-0.05, 0) is 47.4 Å². The van der Waals surface area contributed by atoms with Gasteiger partial charge in [-0.2, -0.15) is 0 Å². The van der Waals surface area contributed by atoms with Crippen LogP contribution >= 0.6 is 0 Å². The summed E-state index contributed by atoms with van der Waals surface area (Å²) in [7, 11) is 1.62. The molecular formula is C23H22FNO2. The van der Waals surface area contributed by atoms with Gasteiger partial charge < -0.3 is 10.1 Å². The standard InChI is InChI=1S/C23H22FNO2/c1-27-21-13-11-19(12-14-21)23(18-7-3-2-4-8-18)25-22(26)15-10-17-6-5-9-20(24)16-17/h2-9,11-14,16,23H,10,15H2,1H3,(H,25,26). The van der Waals surface area contributed by atoms with Gasteiger partial charge in [0.25, 0.3) is 0 Å². The molecule has 0 spiro atoms. The Balaban J connectivity index is 1.73. The van der Waals surface area contributed by atoms with Crippen LogP contribution in [0.15, 0.2) is 78.9 Å². The Morgan fingerprint density at radius 3 is 2.33 bits per heavy atom. The molecule has 0 heterocycles. The Morgan fingerprint density at radius 2 is 1.67 bits per heavy atom. The fraction of sp³-hybridized carbons (Fsp3) is 0.174. The van der Waals surface area contributed by atoms with Gasteiger partial charge in [-0.3, -0.25) is 4.79 Å². The van der Waals surface area contributed by atoms with Crippen molar-refractivity contribution in [1.29, 1.82) is 0 Å². The predicted octanol–water partition coefficient (Wildman–Crippen LogP) is 4.67. The number of aryl methyl sites for hydroxylation is 1. The molecule has 0 aliphatic carbocycles. The van der Waals surface area contributed by atoms with E-state index in [9.17, 15) is 9.18 Å². The van der Waals surface area contributed by atoms with Gasteiger partial charge in [-0.1, -0.05) is 54.6 Å². The molecule has 3 aromatic rings. The van der Waals surface area contributed by atoms with Crippen LogP contribution in [0.4, 0.5) is 4.39 Å². The molecule has 0 saturated heterocycles. The Morgan fingerprint density at radius 1 is 0.963 bits per heavy atom. The number of halogens is 1. The monoisotopic (exact) mass is 363 g/mol. The van der Waals surface area contributed by atoms with E-state index in [0.29, 0.717) is 12.8 Å². The Kier molecular flexibility index (Phi) is 6.21. The fourth-order valence-electron chi connectivity index (χ4n) is 2.98. The first-order valence-electron chi connectivity index (χ1n) is 8.88. The number of carbonyl (C=O) groups is 1. The molecule has 27 heavy (non-hydrogen) atoms. The zero-order valence-corrected chi connectivity index (χ0v) is 15.2. The van der Waals surface area contributed by atoms with Crippen molar-refractivity contribution in [2.45, 2.75) is 18.9 Å². The number of hydrogen-bond acceptors (Lipinski definition) is 2. The van der Waals surface area contributed by atoms with Crippen LogP contribution in [0.3, 0.4) is 0 Å². The average Bonchev–Trinajstić information content (AvgIpc) is 2.71. The highest BCUT2D eigenvalue weighted by Gasteiger charge is 2.17. The molecule has 1 unspecified atom stereocenters. The van der Waals surface area contributed by atoms with E-state index in [1.807, 2.05) is 60.7 Å². The lowest BCUT2D eigenvalue weighted by Gasteiger charge is -2.20. The van der Waals surface area contributed by atoms with E-state index in [-0.39, 0.29) is 17.8 Å². The van der Waals surface area contributed by atoms with Gasteiger partial charge in [0.2, 0.25) is 5.91 Å². The lowest BCUT2D eigenvalue weighted by Crippen LogP contribution is -2.29. The van der Waals surface area contributed by atoms with Gasteiger partial charge >= 0.3 is 0 Å². The van der Waals surface area contributed by atoms with E-state index in [4.69, 9.17) is 4.74 Å². The minimum absolute atomic E-state index is 0.0797. The van der Waals surface area contributed by atoms with Gasteiger partial charge in [-0.15, -0.1) is 0 Å². The Bertz CT molecular complexity index is 878. The topological polar surface area (TPSA) is 38.3 Å². The summed E-state index contributed by atoms with van der Waals surface area (Å²) in [5, 5.41) is 3.10. The molecule has 3 aromatic carbocycles. The molecule has 3 nitrogen and oxygen atoms in total. The molecule has 0 fully saturated rings. The first-order chi connectivity index (χ1) is 13.2. The van der Waals surface area contributed by atoms with Crippen LogP contribution in [0.25, 0.3) is 0 Å². The number of hydrogen-bond donors (Lipinski definition) is 1. The van der Waals surface area contributed by atoms with Crippen molar-refractivity contribution in [3.05, 3.63) is 101 Å². The summed E-state index contributed by atoms with van der Waals surface area (Å²) in [6.45, 7) is 0. The predicted molar refractivity (Wildman–Crippen MR) is 104 cm³/mol. The number of methoxy groups -OCH3 is 1. The van der Waals surface area contributed by atoms with E-state index in [1.54, 1.807) is 13.2 Å². The second-order valence-electron chi connectivity index (χ2n) is 6.31. The van der Waals surface area contributed by atoms with Crippen molar-refractivity contribution in [2.75, 3.05) is 7.11 Å². The van der Waals surface area contributed by atoms with Crippen LogP contribution in [0, 0.1) is 5.82 Å². The number of amides is 1. The largest absolute Gasteiger partial charge is 0.497 e. The SMILES string of the molecule is COc1ccc(C(NC(=O)CCc2cccc(F)c2)c2ccccc2)cc1. The van der Waals surface area contributed by atoms with Gasteiger partial charge in [0, 0.05) is 6.42 Å². The van der Waals surface area contributed by atoms with Crippen LogP contribution in [-0.4, -0.2) is 13.0 Å². The van der Waals surface area contributed by atoms with Gasteiger partial charge in [-0.25, -0.2) is 4.39 Å². The summed E-state index contributed by atoms with van der Waals surface area (Å²) in [5.74, 6) is 0.403. The fourth-order valence-corrected chi connectivity index (χ4v) is 2.98. The molecule has 1 atom stereocenters. The van der Waals surface area contributed by atoms with E-state index >= 15 is 0 Å². The quantitative estimate of drug-likeness (QED) is 0.662. The summed E-state index contributed by atoms with van der Waals surface area (Å²) >= 11 is 0. The summed E-state index contributed by atoms with van der Waals surface area (Å²) in [4.78, 5) is 12.6. The lowest BCUT2D eigenvalue weighted by molar-refractivity contribution is -0.121. The first-order valence-corrected chi connectivity index (χ1v) is 8.88. The van der Waals surface area contributed by atoms with Crippen molar-refractivity contribution < 1.29 is 13.9 Å². The third-order valence-corrected chi connectivity index (χ3v) is 4.42. The first kappa shape index (κ1) is 18.6. The third kappa shape index (κ3) is 5.17. The minimum Gasteiger partial charge on any atom is -0.497 e. The van der Waals surface area contributed by atoms with Crippen LogP contribution < -0.4 is 10.1 Å². The highest BCUT2D eigenvalue weighted by Crippen LogP contribution is 2.24. The molecule has 0 aliphatic heterocycles. The number of benzene rings is 3. The number of rotatable bonds is 7. The summed E-state index contributed by atoms with van der Waals surface area (Å²) in [5.41, 5.74) is 2.79. The van der Waals surface area contributed by atoms with E-state index in [0.717, 1.165) is 22.4 Å². The highest BCUT2D eigenvalue weighted by molar-refractivity contribution is 5.77. The second kappa shape index (κ2) is 8.99. The summed E-state index contributed by atoms with van der Waals surface area (Å²) in [6, 6.07) is 23.6. The number of ether oxygens (including phenoxy) is 1. The molecular weight excluding hydrogens is 341 g/mol. The van der Waals surface area contributed by atoms with Gasteiger partial charge in [0.1, 0.15) is 11.6 Å². The molecule has 0 bridgehead atoms. The van der Waals surface area contributed by atoms with Crippen LogP contribution in [-0.2, 0) is 11.2 Å². The normalized spacial score (nSPS) is 11.6. The van der Waals surface area contributed by atoms with Crippen LogP contribution in [0.5, 0.6) is 5.75 Å². The summed E-state index contributed by atoms with van der Waals surface area (Å²) in [6.07, 6.45) is 0.788. The van der Waals surface area contributed by atoms with Gasteiger partial charge in [0.15, 0.2) is 0 Å². The molecule has 4 heteroatoms. The molecule has 0 saturated carbocycles. The maximum Gasteiger partial charge on any atom is 0.221 e. The Labute approximate surface area is 158 Å². The van der Waals surface area contributed by atoms with Crippen LogP contribution in [0.2, 0.25) is 0 Å². The van der Waals surface area contributed by atoms with Crippen molar-refractivity contribution in [3.8, 4) is 5.75 Å². The third-order valence-electron chi connectivity index (χ3n) is 4.42. The summed E-state index contributed by atoms with van der Waals surface area (Å²) < 4.78 is 18.5. The molecule has 1 N–H and O–H groups in total. The van der Waals surface area contributed by atoms with Crippen molar-refractivity contribution >= 4 is 5.91 Å². The maximum absolute atomic E-state index is 13.3. The second-order valence-corrected chi connectivity index (χ2v) is 6.31.